The van der Waals surface area contributed by atoms with Crippen molar-refractivity contribution in [2.45, 2.75) is 5.41 Å². The minimum absolute atomic E-state index is 0.559. The van der Waals surface area contributed by atoms with Crippen molar-refractivity contribution >= 4 is 60.9 Å². The van der Waals surface area contributed by atoms with Crippen LogP contribution in [-0.4, -0.2) is 0 Å². The topological polar surface area (TPSA) is 29.5 Å². The summed E-state index contributed by atoms with van der Waals surface area (Å²) in [5, 5.41) is 4.12. The minimum atomic E-state index is -0.559. The molecule has 3 heteroatoms. The quantitative estimate of drug-likeness (QED) is 0.170. The van der Waals surface area contributed by atoms with Gasteiger partial charge in [-0.3, -0.25) is 0 Å². The highest BCUT2D eigenvalue weighted by molar-refractivity contribution is 6.24. The van der Waals surface area contributed by atoms with Crippen LogP contribution < -0.4 is 4.90 Å². The average molecular weight is 742 g/mol. The van der Waals surface area contributed by atoms with Crippen LogP contribution in [0.2, 0.25) is 0 Å². The fraction of sp³-hybridized carbons (Fsp3) is 0.0182. The summed E-state index contributed by atoms with van der Waals surface area (Å²) in [5.74, 6) is 0. The Morgan fingerprint density at radius 1 is 0.362 bits per heavy atom. The summed E-state index contributed by atoms with van der Waals surface area (Å²) in [4.78, 5) is 2.40. The predicted octanol–water partition coefficient (Wildman–Crippen LogP) is 15.0. The maximum absolute atomic E-state index is 6.97. The van der Waals surface area contributed by atoms with Gasteiger partial charge < -0.3 is 13.7 Å². The molecule has 0 bridgehead atoms. The highest BCUT2D eigenvalue weighted by atomic mass is 16.3. The molecule has 1 aliphatic rings. The monoisotopic (exact) mass is 741 g/mol. The summed E-state index contributed by atoms with van der Waals surface area (Å²) in [6.45, 7) is 0. The summed E-state index contributed by atoms with van der Waals surface area (Å²) < 4.78 is 13.7. The first-order chi connectivity index (χ1) is 28.8. The zero-order valence-electron chi connectivity index (χ0n) is 31.5. The van der Waals surface area contributed by atoms with E-state index in [1.54, 1.807) is 0 Å². The average Bonchev–Trinajstić information content (AvgIpc) is 3.95. The van der Waals surface area contributed by atoms with E-state index in [2.05, 4.69) is 205 Å². The van der Waals surface area contributed by atoms with Gasteiger partial charge in [-0.05, 0) is 87.0 Å². The number of anilines is 3. The van der Waals surface area contributed by atoms with Gasteiger partial charge in [-0.15, -0.1) is 0 Å². The normalized spacial score (nSPS) is 13.0. The first-order valence-electron chi connectivity index (χ1n) is 19.8. The van der Waals surface area contributed by atoms with Gasteiger partial charge in [0.1, 0.15) is 22.4 Å². The molecule has 58 heavy (non-hydrogen) atoms. The standard InChI is InChI=1S/C55H35NO2/c1-4-16-36(17-5-1)37-28-30-40(31-29-37)56(53-52-45-24-12-15-27-50(45)57-51(52)35-46-44-23-11-14-26-49(44)58-54(46)53)41-32-33-43-42-22-10-13-25-47(42)55(48(43)34-41,38-18-6-2-7-19-38)39-20-8-3-9-21-39/h1-35H. The van der Waals surface area contributed by atoms with E-state index in [1.165, 1.54) is 38.9 Å². The maximum Gasteiger partial charge on any atom is 0.160 e. The molecule has 0 saturated heterocycles. The van der Waals surface area contributed by atoms with Crippen LogP contribution in [0.25, 0.3) is 66.1 Å². The smallest absolute Gasteiger partial charge is 0.160 e. The Hall–Kier alpha value is -7.62. The molecule has 11 aromatic rings. The van der Waals surface area contributed by atoms with Crippen molar-refractivity contribution in [2.75, 3.05) is 4.90 Å². The lowest BCUT2D eigenvalue weighted by Gasteiger charge is -2.35. The van der Waals surface area contributed by atoms with Crippen molar-refractivity contribution in [1.29, 1.82) is 0 Å². The molecule has 0 N–H and O–H groups in total. The Kier molecular flexibility index (Phi) is 7.14. The Morgan fingerprint density at radius 3 is 1.64 bits per heavy atom. The zero-order chi connectivity index (χ0) is 38.2. The number of hydrogen-bond donors (Lipinski definition) is 0. The summed E-state index contributed by atoms with van der Waals surface area (Å²) in [5.41, 5.74) is 15.5. The number of furan rings is 2. The van der Waals surface area contributed by atoms with Gasteiger partial charge in [-0.2, -0.15) is 0 Å². The molecule has 2 aromatic heterocycles. The van der Waals surface area contributed by atoms with Crippen LogP contribution in [0.1, 0.15) is 22.3 Å². The predicted molar refractivity (Wildman–Crippen MR) is 238 cm³/mol. The van der Waals surface area contributed by atoms with E-state index >= 15 is 0 Å². The van der Waals surface area contributed by atoms with Crippen LogP contribution in [0.15, 0.2) is 221 Å². The fourth-order valence-electron chi connectivity index (χ4n) is 9.67. The first-order valence-corrected chi connectivity index (χ1v) is 19.8. The van der Waals surface area contributed by atoms with Gasteiger partial charge in [-0.25, -0.2) is 0 Å². The van der Waals surface area contributed by atoms with Crippen LogP contribution in [-0.2, 0) is 5.41 Å². The molecule has 0 spiro atoms. The van der Waals surface area contributed by atoms with E-state index in [-0.39, 0.29) is 0 Å². The van der Waals surface area contributed by atoms with Crippen molar-refractivity contribution in [3.63, 3.8) is 0 Å². The summed E-state index contributed by atoms with van der Waals surface area (Å²) in [6, 6.07) is 76.2. The fourth-order valence-corrected chi connectivity index (χ4v) is 9.67. The van der Waals surface area contributed by atoms with E-state index < -0.39 is 5.41 Å². The lowest BCUT2D eigenvalue weighted by molar-refractivity contribution is 0.664. The highest BCUT2D eigenvalue weighted by Gasteiger charge is 2.46. The molecule has 0 amide bonds. The molecule has 3 nitrogen and oxygen atoms in total. The van der Waals surface area contributed by atoms with Gasteiger partial charge >= 0.3 is 0 Å². The van der Waals surface area contributed by atoms with Crippen LogP contribution in [0.3, 0.4) is 0 Å². The Balaban J connectivity index is 1.20. The highest BCUT2D eigenvalue weighted by Crippen LogP contribution is 2.58. The molecule has 2 heterocycles. The van der Waals surface area contributed by atoms with Gasteiger partial charge in [0.2, 0.25) is 0 Å². The van der Waals surface area contributed by atoms with E-state index in [0.29, 0.717) is 0 Å². The lowest BCUT2D eigenvalue weighted by atomic mass is 9.67. The van der Waals surface area contributed by atoms with Gasteiger partial charge in [-0.1, -0.05) is 170 Å². The van der Waals surface area contributed by atoms with Crippen molar-refractivity contribution in [3.8, 4) is 22.3 Å². The van der Waals surface area contributed by atoms with Gasteiger partial charge in [0.15, 0.2) is 5.58 Å². The SMILES string of the molecule is c1ccc(-c2ccc(N(c3ccc4c(c3)C(c3ccccc3)(c3ccccc3)c3ccccc3-4)c3c4oc5ccccc5c4cc4oc5ccccc5c34)cc2)cc1. The second kappa shape index (κ2) is 12.7. The molecule has 9 aromatic carbocycles. The second-order valence-electron chi connectivity index (χ2n) is 15.2. The summed E-state index contributed by atoms with van der Waals surface area (Å²) in [7, 11) is 0. The molecule has 0 atom stereocenters. The Bertz CT molecular complexity index is 3280. The van der Waals surface area contributed by atoms with Crippen molar-refractivity contribution in [2.24, 2.45) is 0 Å². The number of hydrogen-bond acceptors (Lipinski definition) is 3. The van der Waals surface area contributed by atoms with E-state index in [9.17, 15) is 0 Å². The van der Waals surface area contributed by atoms with Crippen LogP contribution in [0.5, 0.6) is 0 Å². The number of para-hydroxylation sites is 2. The molecule has 0 aliphatic heterocycles. The first kappa shape index (κ1) is 32.6. The van der Waals surface area contributed by atoms with Gasteiger partial charge in [0.05, 0.1) is 10.8 Å². The maximum atomic E-state index is 6.97. The molecular weight excluding hydrogens is 707 g/mol. The van der Waals surface area contributed by atoms with Crippen molar-refractivity contribution in [3.05, 3.63) is 235 Å². The Morgan fingerprint density at radius 2 is 0.914 bits per heavy atom. The van der Waals surface area contributed by atoms with Crippen molar-refractivity contribution in [1.82, 2.24) is 0 Å². The van der Waals surface area contributed by atoms with E-state index in [4.69, 9.17) is 8.83 Å². The molecular formula is C55H35NO2. The van der Waals surface area contributed by atoms with Crippen LogP contribution in [0.4, 0.5) is 17.1 Å². The van der Waals surface area contributed by atoms with E-state index in [0.717, 1.165) is 66.5 Å². The van der Waals surface area contributed by atoms with Crippen LogP contribution >= 0.6 is 0 Å². The third-order valence-electron chi connectivity index (χ3n) is 12.1. The molecule has 0 unspecified atom stereocenters. The minimum Gasteiger partial charge on any atom is -0.456 e. The third kappa shape index (κ3) is 4.68. The summed E-state index contributed by atoms with van der Waals surface area (Å²) >= 11 is 0. The molecule has 0 radical (unpaired) electrons. The number of nitrogens with zero attached hydrogens (tertiary/aromatic N) is 1. The van der Waals surface area contributed by atoms with Gasteiger partial charge in [0.25, 0.3) is 0 Å². The molecule has 272 valence electrons. The molecule has 0 fully saturated rings. The number of benzene rings is 9. The van der Waals surface area contributed by atoms with Gasteiger partial charge in [0, 0.05) is 27.5 Å². The number of rotatable bonds is 6. The second-order valence-corrected chi connectivity index (χ2v) is 15.2. The van der Waals surface area contributed by atoms with Crippen LogP contribution in [0, 0.1) is 0 Å². The molecule has 12 rings (SSSR count). The zero-order valence-corrected chi connectivity index (χ0v) is 31.5. The molecule has 1 aliphatic carbocycles. The third-order valence-corrected chi connectivity index (χ3v) is 12.1. The van der Waals surface area contributed by atoms with E-state index in [1.807, 2.05) is 12.1 Å². The number of fused-ring (bicyclic) bond motifs is 9. The van der Waals surface area contributed by atoms with Crippen molar-refractivity contribution < 1.29 is 8.83 Å². The lowest BCUT2D eigenvalue weighted by Crippen LogP contribution is -2.28. The Labute approximate surface area is 335 Å². The largest absolute Gasteiger partial charge is 0.456 e. The molecule has 0 saturated carbocycles. The summed E-state index contributed by atoms with van der Waals surface area (Å²) in [6.07, 6.45) is 0.